The van der Waals surface area contributed by atoms with Gasteiger partial charge < -0.3 is 4.98 Å². The van der Waals surface area contributed by atoms with E-state index in [0.717, 1.165) is 32.9 Å². The fourth-order valence-electron chi connectivity index (χ4n) is 2.72. The van der Waals surface area contributed by atoms with Gasteiger partial charge in [-0.05, 0) is 42.7 Å². The van der Waals surface area contributed by atoms with E-state index >= 15 is 0 Å². The molecule has 3 heteroatoms. The third kappa shape index (κ3) is 2.54. The molecule has 0 unspecified atom stereocenters. The number of H-pyrrole nitrogens is 1. The first-order valence-electron chi connectivity index (χ1n) is 7.01. The van der Waals surface area contributed by atoms with Gasteiger partial charge in [0, 0.05) is 32.7 Å². The van der Waals surface area contributed by atoms with E-state index in [1.54, 1.807) is 0 Å². The van der Waals surface area contributed by atoms with Crippen molar-refractivity contribution in [3.8, 4) is 0 Å². The molecule has 3 rings (SSSR count). The molecule has 0 saturated carbocycles. The molecule has 0 aliphatic heterocycles. The Labute approximate surface area is 132 Å². The molecule has 0 atom stereocenters. The number of hydrogen-bond acceptors (Lipinski definition) is 1. The Kier molecular flexibility index (Phi) is 3.68. The zero-order chi connectivity index (χ0) is 15.0. The molecule has 21 heavy (non-hydrogen) atoms. The van der Waals surface area contributed by atoms with Crippen LogP contribution < -0.4 is 0 Å². The minimum Gasteiger partial charge on any atom is -0.360 e. The number of fused-ring (bicyclic) bond motifs is 1. The second-order valence-corrected chi connectivity index (χ2v) is 6.16. The van der Waals surface area contributed by atoms with Crippen molar-refractivity contribution in [1.29, 1.82) is 0 Å². The molecule has 1 aromatic heterocycles. The summed E-state index contributed by atoms with van der Waals surface area (Å²) in [5.41, 5.74) is 4.82. The Morgan fingerprint density at radius 1 is 1.24 bits per heavy atom. The van der Waals surface area contributed by atoms with Crippen LogP contribution in [0.25, 0.3) is 10.9 Å². The van der Waals surface area contributed by atoms with Gasteiger partial charge in [0.25, 0.3) is 0 Å². The Hall–Kier alpha value is -1.87. The van der Waals surface area contributed by atoms with Crippen molar-refractivity contribution >= 4 is 32.6 Å². The number of para-hydroxylation sites is 1. The highest BCUT2D eigenvalue weighted by molar-refractivity contribution is 9.10. The molecule has 0 bridgehead atoms. The highest BCUT2D eigenvalue weighted by Crippen LogP contribution is 2.25. The molecule has 0 saturated heterocycles. The fraction of sp³-hybridized carbons (Fsp3) is 0.167. The third-order valence-corrected chi connectivity index (χ3v) is 4.19. The number of aromatic amines is 1. The van der Waals surface area contributed by atoms with Gasteiger partial charge in [0.1, 0.15) is 0 Å². The standard InChI is InChI=1S/C18H16BrNO/c1-3-12-5-4-6-15-16(10-20-17(12)15)18(21)13-7-11(2)8-14(19)9-13/h4-10,20H,3H2,1-2H3. The van der Waals surface area contributed by atoms with Crippen LogP contribution >= 0.6 is 15.9 Å². The topological polar surface area (TPSA) is 32.9 Å². The molecule has 0 fully saturated rings. The smallest absolute Gasteiger partial charge is 0.195 e. The van der Waals surface area contributed by atoms with E-state index in [1.807, 2.05) is 43.5 Å². The maximum atomic E-state index is 12.8. The van der Waals surface area contributed by atoms with Crippen molar-refractivity contribution in [3.05, 3.63) is 69.3 Å². The fourth-order valence-corrected chi connectivity index (χ4v) is 3.33. The number of rotatable bonds is 3. The van der Waals surface area contributed by atoms with Gasteiger partial charge in [-0.1, -0.05) is 41.1 Å². The molecule has 2 aromatic carbocycles. The minimum absolute atomic E-state index is 0.0545. The lowest BCUT2D eigenvalue weighted by Gasteiger charge is -2.04. The summed E-state index contributed by atoms with van der Waals surface area (Å²) in [5.74, 6) is 0.0545. The van der Waals surface area contributed by atoms with Crippen LogP contribution in [0.1, 0.15) is 34.0 Å². The molecule has 0 spiro atoms. The van der Waals surface area contributed by atoms with E-state index < -0.39 is 0 Å². The maximum absolute atomic E-state index is 12.8. The van der Waals surface area contributed by atoms with Crippen LogP contribution in [0.15, 0.2) is 47.1 Å². The van der Waals surface area contributed by atoms with Crippen LogP contribution in [-0.2, 0) is 6.42 Å². The average Bonchev–Trinajstić information content (AvgIpc) is 2.89. The molecule has 3 aromatic rings. The molecule has 0 aliphatic carbocycles. The van der Waals surface area contributed by atoms with Crippen molar-refractivity contribution in [3.63, 3.8) is 0 Å². The Morgan fingerprint density at radius 2 is 2.05 bits per heavy atom. The number of aryl methyl sites for hydroxylation is 2. The maximum Gasteiger partial charge on any atom is 0.195 e. The summed E-state index contributed by atoms with van der Waals surface area (Å²) >= 11 is 3.46. The van der Waals surface area contributed by atoms with Crippen LogP contribution in [0.3, 0.4) is 0 Å². The zero-order valence-corrected chi connectivity index (χ0v) is 13.6. The van der Waals surface area contributed by atoms with Gasteiger partial charge in [0.05, 0.1) is 0 Å². The van der Waals surface area contributed by atoms with Gasteiger partial charge in [-0.3, -0.25) is 4.79 Å². The normalized spacial score (nSPS) is 11.0. The van der Waals surface area contributed by atoms with Gasteiger partial charge in [-0.25, -0.2) is 0 Å². The molecule has 1 heterocycles. The number of nitrogens with one attached hydrogen (secondary N) is 1. The van der Waals surface area contributed by atoms with Crippen molar-refractivity contribution < 1.29 is 4.79 Å². The first-order valence-corrected chi connectivity index (χ1v) is 7.80. The molecule has 2 nitrogen and oxygen atoms in total. The monoisotopic (exact) mass is 341 g/mol. The van der Waals surface area contributed by atoms with Gasteiger partial charge in [-0.15, -0.1) is 0 Å². The quantitative estimate of drug-likeness (QED) is 0.665. The molecule has 0 radical (unpaired) electrons. The van der Waals surface area contributed by atoms with Crippen LogP contribution in [0.2, 0.25) is 0 Å². The summed E-state index contributed by atoms with van der Waals surface area (Å²) in [5, 5.41) is 0.997. The lowest BCUT2D eigenvalue weighted by Crippen LogP contribution is -2.01. The van der Waals surface area contributed by atoms with Crippen molar-refractivity contribution in [2.75, 3.05) is 0 Å². The average molecular weight is 342 g/mol. The number of benzene rings is 2. The van der Waals surface area contributed by atoms with Crippen LogP contribution in [0.5, 0.6) is 0 Å². The van der Waals surface area contributed by atoms with Gasteiger partial charge >= 0.3 is 0 Å². The highest BCUT2D eigenvalue weighted by Gasteiger charge is 2.16. The van der Waals surface area contributed by atoms with E-state index in [2.05, 4.69) is 33.9 Å². The predicted octanol–water partition coefficient (Wildman–Crippen LogP) is 5.03. The zero-order valence-electron chi connectivity index (χ0n) is 12.0. The Morgan fingerprint density at radius 3 is 2.76 bits per heavy atom. The summed E-state index contributed by atoms with van der Waals surface area (Å²) in [4.78, 5) is 16.0. The molecular formula is C18H16BrNO. The van der Waals surface area contributed by atoms with Crippen LogP contribution in [-0.4, -0.2) is 10.8 Å². The summed E-state index contributed by atoms with van der Waals surface area (Å²) in [6, 6.07) is 11.9. The lowest BCUT2D eigenvalue weighted by atomic mass is 10.00. The summed E-state index contributed by atoms with van der Waals surface area (Å²) < 4.78 is 0.930. The van der Waals surface area contributed by atoms with E-state index in [-0.39, 0.29) is 5.78 Å². The SMILES string of the molecule is CCc1cccc2c(C(=O)c3cc(C)cc(Br)c3)c[nH]c12. The van der Waals surface area contributed by atoms with Crippen molar-refractivity contribution in [1.82, 2.24) is 4.98 Å². The van der Waals surface area contributed by atoms with Crippen LogP contribution in [0, 0.1) is 6.92 Å². The lowest BCUT2D eigenvalue weighted by molar-refractivity contribution is 0.104. The molecule has 0 amide bonds. The van der Waals surface area contributed by atoms with E-state index in [9.17, 15) is 4.79 Å². The first-order chi connectivity index (χ1) is 10.1. The predicted molar refractivity (Wildman–Crippen MR) is 90.0 cm³/mol. The minimum atomic E-state index is 0.0545. The van der Waals surface area contributed by atoms with Crippen LogP contribution in [0.4, 0.5) is 0 Å². The Bertz CT molecular complexity index is 812. The van der Waals surface area contributed by atoms with E-state index in [4.69, 9.17) is 0 Å². The van der Waals surface area contributed by atoms with Gasteiger partial charge in [0.2, 0.25) is 0 Å². The number of carbonyl (C=O) groups excluding carboxylic acids is 1. The second-order valence-electron chi connectivity index (χ2n) is 5.24. The van der Waals surface area contributed by atoms with Crippen molar-refractivity contribution in [2.45, 2.75) is 20.3 Å². The number of carbonyl (C=O) groups is 1. The molecule has 0 aliphatic rings. The summed E-state index contributed by atoms with van der Waals surface area (Å²) in [6.07, 6.45) is 2.77. The summed E-state index contributed by atoms with van der Waals surface area (Å²) in [7, 11) is 0. The van der Waals surface area contributed by atoms with Crippen molar-refractivity contribution in [2.24, 2.45) is 0 Å². The summed E-state index contributed by atoms with van der Waals surface area (Å²) in [6.45, 7) is 4.11. The van der Waals surface area contributed by atoms with Gasteiger partial charge in [0.15, 0.2) is 5.78 Å². The third-order valence-electron chi connectivity index (χ3n) is 3.73. The molecule has 1 N–H and O–H groups in total. The number of hydrogen-bond donors (Lipinski definition) is 1. The molecular weight excluding hydrogens is 326 g/mol. The van der Waals surface area contributed by atoms with Gasteiger partial charge in [-0.2, -0.15) is 0 Å². The number of halogens is 1. The first kappa shape index (κ1) is 14.1. The van der Waals surface area contributed by atoms with E-state index in [1.165, 1.54) is 5.56 Å². The highest BCUT2D eigenvalue weighted by atomic mass is 79.9. The largest absolute Gasteiger partial charge is 0.360 e. The Balaban J connectivity index is 2.14. The molecule has 106 valence electrons. The second kappa shape index (κ2) is 5.49. The number of aromatic nitrogens is 1. The van der Waals surface area contributed by atoms with E-state index in [0.29, 0.717) is 5.56 Å². The number of ketones is 1.